The molecule has 2 saturated heterocycles. The predicted molar refractivity (Wildman–Crippen MR) is 78.5 cm³/mol. The summed E-state index contributed by atoms with van der Waals surface area (Å²) in [6, 6.07) is 0. The number of hydrogen-bond donors (Lipinski definition) is 0. The lowest BCUT2D eigenvalue weighted by Crippen LogP contribution is -2.46. The summed E-state index contributed by atoms with van der Waals surface area (Å²) in [4.78, 5) is 29.8. The Kier molecular flexibility index (Phi) is 5.54. The molecule has 0 spiro atoms. The fourth-order valence-electron chi connectivity index (χ4n) is 3.14. The molecule has 1 amide bonds. The quantitative estimate of drug-likeness (QED) is 0.750. The summed E-state index contributed by atoms with van der Waals surface area (Å²) in [5.41, 5.74) is 0. The van der Waals surface area contributed by atoms with Crippen LogP contribution in [0.25, 0.3) is 0 Å². The van der Waals surface area contributed by atoms with Gasteiger partial charge in [-0.1, -0.05) is 0 Å². The molecule has 0 N–H and O–H groups in total. The van der Waals surface area contributed by atoms with Crippen molar-refractivity contribution in [1.29, 1.82) is 0 Å². The van der Waals surface area contributed by atoms with E-state index in [0.717, 1.165) is 25.6 Å². The van der Waals surface area contributed by atoms with Crippen LogP contribution in [0.4, 0.5) is 0 Å². The Bertz CT molecular complexity index is 339. The lowest BCUT2D eigenvalue weighted by atomic mass is 9.96. The van der Waals surface area contributed by atoms with Crippen LogP contribution in [0.15, 0.2) is 0 Å². The molecule has 0 atom stereocenters. The van der Waals surface area contributed by atoms with E-state index in [1.54, 1.807) is 0 Å². The van der Waals surface area contributed by atoms with E-state index in [1.165, 1.54) is 12.8 Å². The molecule has 0 aliphatic carbocycles. The van der Waals surface area contributed by atoms with Crippen LogP contribution in [0.5, 0.6) is 0 Å². The summed E-state index contributed by atoms with van der Waals surface area (Å²) in [6.07, 6.45) is 3.45. The van der Waals surface area contributed by atoms with Crippen LogP contribution in [0.1, 0.15) is 25.7 Å². The number of likely N-dealkylation sites (tertiary alicyclic amines) is 2. The zero-order valence-electron chi connectivity index (χ0n) is 12.8. The number of hydrogen-bond acceptors (Lipinski definition) is 4. The number of piperidine rings is 2. The van der Waals surface area contributed by atoms with Crippen LogP contribution < -0.4 is 0 Å². The summed E-state index contributed by atoms with van der Waals surface area (Å²) < 4.78 is 0. The van der Waals surface area contributed by atoms with Crippen LogP contribution in [0, 0.1) is 5.92 Å². The highest BCUT2D eigenvalue weighted by atomic mass is 16.2. The molecule has 0 bridgehead atoms. The average molecular weight is 281 g/mol. The molecule has 0 radical (unpaired) electrons. The first-order chi connectivity index (χ1) is 9.54. The van der Waals surface area contributed by atoms with Crippen LogP contribution in [0.3, 0.4) is 0 Å². The van der Waals surface area contributed by atoms with Gasteiger partial charge in [-0.2, -0.15) is 0 Å². The fraction of sp³-hybridized carbons (Fsp3) is 0.867. The van der Waals surface area contributed by atoms with E-state index >= 15 is 0 Å². The van der Waals surface area contributed by atoms with E-state index in [2.05, 4.69) is 23.9 Å². The Hall–Kier alpha value is -0.940. The zero-order chi connectivity index (χ0) is 14.5. The first-order valence-electron chi connectivity index (χ1n) is 7.71. The predicted octanol–water partition coefficient (Wildman–Crippen LogP) is 0.452. The molecule has 2 fully saturated rings. The third-order valence-electron chi connectivity index (χ3n) is 4.36. The van der Waals surface area contributed by atoms with Gasteiger partial charge in [0.15, 0.2) is 0 Å². The molecule has 0 aromatic rings. The highest BCUT2D eigenvalue weighted by Crippen LogP contribution is 2.18. The van der Waals surface area contributed by atoms with Crippen molar-refractivity contribution in [1.82, 2.24) is 14.7 Å². The molecule has 5 heteroatoms. The Morgan fingerprint density at radius 1 is 1.15 bits per heavy atom. The van der Waals surface area contributed by atoms with E-state index < -0.39 is 0 Å². The maximum absolute atomic E-state index is 12.2. The molecule has 2 rings (SSSR count). The molecule has 114 valence electrons. The molecule has 0 aromatic carbocycles. The third-order valence-corrected chi connectivity index (χ3v) is 4.36. The number of Topliss-reactive ketones (excluding diaryl/α,β-unsaturated/α-hetero) is 1. The van der Waals surface area contributed by atoms with Crippen molar-refractivity contribution < 1.29 is 9.59 Å². The minimum atomic E-state index is 0.198. The number of carbonyl (C=O) groups excluding carboxylic acids is 2. The van der Waals surface area contributed by atoms with Crippen molar-refractivity contribution in [2.24, 2.45) is 5.92 Å². The number of amides is 1. The Labute approximate surface area is 121 Å². The lowest BCUT2D eigenvalue weighted by Gasteiger charge is -2.34. The van der Waals surface area contributed by atoms with E-state index in [1.807, 2.05) is 4.90 Å². The van der Waals surface area contributed by atoms with Crippen molar-refractivity contribution in [3.63, 3.8) is 0 Å². The largest absolute Gasteiger partial charge is 0.341 e. The van der Waals surface area contributed by atoms with Gasteiger partial charge in [0.2, 0.25) is 5.91 Å². The van der Waals surface area contributed by atoms with Crippen molar-refractivity contribution in [2.75, 3.05) is 53.4 Å². The zero-order valence-corrected chi connectivity index (χ0v) is 12.8. The second-order valence-corrected chi connectivity index (χ2v) is 6.40. The van der Waals surface area contributed by atoms with Gasteiger partial charge in [0.25, 0.3) is 0 Å². The van der Waals surface area contributed by atoms with Crippen molar-refractivity contribution in [3.8, 4) is 0 Å². The lowest BCUT2D eigenvalue weighted by molar-refractivity contribution is -0.135. The maximum Gasteiger partial charge on any atom is 0.236 e. The number of ketones is 1. The van der Waals surface area contributed by atoms with Gasteiger partial charge in [0.05, 0.1) is 6.54 Å². The number of nitrogens with zero attached hydrogens (tertiary/aromatic N) is 3. The highest BCUT2D eigenvalue weighted by molar-refractivity contribution is 5.84. The molecule has 0 saturated carbocycles. The van der Waals surface area contributed by atoms with Gasteiger partial charge in [0, 0.05) is 32.5 Å². The van der Waals surface area contributed by atoms with Crippen molar-refractivity contribution >= 4 is 11.7 Å². The molecule has 2 aliphatic heterocycles. The highest BCUT2D eigenvalue weighted by Gasteiger charge is 2.25. The summed E-state index contributed by atoms with van der Waals surface area (Å²) in [5.74, 6) is 1.26. The fourth-order valence-corrected chi connectivity index (χ4v) is 3.14. The average Bonchev–Trinajstić information content (AvgIpc) is 2.41. The van der Waals surface area contributed by atoms with E-state index in [-0.39, 0.29) is 5.91 Å². The minimum Gasteiger partial charge on any atom is -0.341 e. The maximum atomic E-state index is 12.2. The van der Waals surface area contributed by atoms with Crippen LogP contribution in [-0.2, 0) is 9.59 Å². The number of carbonyl (C=O) groups is 2. The molecular weight excluding hydrogens is 254 g/mol. The van der Waals surface area contributed by atoms with E-state index in [9.17, 15) is 9.59 Å². The van der Waals surface area contributed by atoms with Gasteiger partial charge in [-0.05, 0) is 45.9 Å². The normalized spacial score (nSPS) is 22.6. The minimum absolute atomic E-state index is 0.198. The molecule has 20 heavy (non-hydrogen) atoms. The standard InChI is InChI=1S/C15H27N3O2/c1-16(2)11-13-3-7-17(8-4-13)12-15(20)18-9-5-14(19)6-10-18/h13H,3-12H2,1-2H3. The molecule has 0 unspecified atom stereocenters. The summed E-state index contributed by atoms with van der Waals surface area (Å²) in [5, 5.41) is 0. The second-order valence-electron chi connectivity index (χ2n) is 6.40. The number of rotatable bonds is 4. The summed E-state index contributed by atoms with van der Waals surface area (Å²) >= 11 is 0. The summed E-state index contributed by atoms with van der Waals surface area (Å²) in [6.45, 7) is 4.97. The first kappa shape index (κ1) is 15.4. The van der Waals surface area contributed by atoms with Crippen molar-refractivity contribution in [2.45, 2.75) is 25.7 Å². The van der Waals surface area contributed by atoms with Gasteiger partial charge in [0.1, 0.15) is 5.78 Å². The summed E-state index contributed by atoms with van der Waals surface area (Å²) in [7, 11) is 4.24. The third kappa shape index (κ3) is 4.56. The molecule has 5 nitrogen and oxygen atoms in total. The SMILES string of the molecule is CN(C)CC1CCN(CC(=O)N2CCC(=O)CC2)CC1. The molecular formula is C15H27N3O2. The monoisotopic (exact) mass is 281 g/mol. The topological polar surface area (TPSA) is 43.9 Å². The van der Waals surface area contributed by atoms with Gasteiger partial charge < -0.3 is 9.80 Å². The first-order valence-corrected chi connectivity index (χ1v) is 7.71. The smallest absolute Gasteiger partial charge is 0.236 e. The van der Waals surface area contributed by atoms with Crippen LogP contribution in [-0.4, -0.2) is 79.8 Å². The Morgan fingerprint density at radius 3 is 2.30 bits per heavy atom. The van der Waals surface area contributed by atoms with E-state index in [0.29, 0.717) is 38.3 Å². The van der Waals surface area contributed by atoms with Gasteiger partial charge in [-0.3, -0.25) is 14.5 Å². The molecule has 2 heterocycles. The van der Waals surface area contributed by atoms with Crippen LogP contribution >= 0.6 is 0 Å². The Balaban J connectivity index is 1.69. The van der Waals surface area contributed by atoms with Gasteiger partial charge in [-0.25, -0.2) is 0 Å². The van der Waals surface area contributed by atoms with Gasteiger partial charge in [-0.15, -0.1) is 0 Å². The van der Waals surface area contributed by atoms with E-state index in [4.69, 9.17) is 0 Å². The van der Waals surface area contributed by atoms with Gasteiger partial charge >= 0.3 is 0 Å². The van der Waals surface area contributed by atoms with Crippen molar-refractivity contribution in [3.05, 3.63) is 0 Å². The molecule has 0 aromatic heterocycles. The van der Waals surface area contributed by atoms with Crippen LogP contribution in [0.2, 0.25) is 0 Å². The molecule has 2 aliphatic rings. The Morgan fingerprint density at radius 2 is 1.75 bits per heavy atom. The second kappa shape index (κ2) is 7.18.